The summed E-state index contributed by atoms with van der Waals surface area (Å²) in [6, 6.07) is 7.93. The number of rotatable bonds is 6. The molecule has 0 aliphatic heterocycles. The van der Waals surface area contributed by atoms with Crippen LogP contribution in [0.15, 0.2) is 24.3 Å². The molecule has 0 unspecified atom stereocenters. The van der Waals surface area contributed by atoms with Gasteiger partial charge in [-0.2, -0.15) is 12.6 Å². The molecule has 0 aromatic heterocycles. The lowest BCUT2D eigenvalue weighted by atomic mass is 9.83. The largest absolute Gasteiger partial charge is 0.494 e. The summed E-state index contributed by atoms with van der Waals surface area (Å²) in [7, 11) is 0. The summed E-state index contributed by atoms with van der Waals surface area (Å²) >= 11 is 4.59. The van der Waals surface area contributed by atoms with E-state index in [0.717, 1.165) is 23.9 Å². The molecular weight excluding hydrogens is 268 g/mol. The van der Waals surface area contributed by atoms with E-state index in [-0.39, 0.29) is 5.41 Å². The van der Waals surface area contributed by atoms with E-state index in [1.807, 2.05) is 31.2 Å². The van der Waals surface area contributed by atoms with Gasteiger partial charge in [0.2, 0.25) is 0 Å². The number of ether oxygens (including phenoxy) is 2. The third-order valence-corrected chi connectivity index (χ3v) is 4.85. The maximum atomic E-state index is 6.02. The standard InChI is InChI=1S/C17H26O2S/c1-2-18-15-7-9-16(10-8-15)19-13-17(14-20)11-5-3-4-6-12-17/h7-10,20H,2-6,11-14H2,1H3. The highest BCUT2D eigenvalue weighted by molar-refractivity contribution is 7.80. The molecule has 0 heterocycles. The Hall–Kier alpha value is -0.830. The van der Waals surface area contributed by atoms with Crippen LogP contribution in [0, 0.1) is 5.41 Å². The normalized spacial score (nSPS) is 18.3. The van der Waals surface area contributed by atoms with Crippen LogP contribution < -0.4 is 9.47 Å². The quantitative estimate of drug-likeness (QED) is 0.604. The van der Waals surface area contributed by atoms with Crippen LogP contribution in [0.25, 0.3) is 0 Å². The van der Waals surface area contributed by atoms with Crippen LogP contribution in [-0.2, 0) is 0 Å². The Bertz CT molecular complexity index is 380. The minimum absolute atomic E-state index is 0.262. The molecule has 1 saturated carbocycles. The molecule has 2 rings (SSSR count). The Labute approximate surface area is 128 Å². The summed E-state index contributed by atoms with van der Waals surface area (Å²) in [6.07, 6.45) is 7.83. The Morgan fingerprint density at radius 2 is 1.50 bits per heavy atom. The van der Waals surface area contributed by atoms with Crippen LogP contribution >= 0.6 is 12.6 Å². The van der Waals surface area contributed by atoms with Crippen molar-refractivity contribution in [1.29, 1.82) is 0 Å². The predicted molar refractivity (Wildman–Crippen MR) is 87.1 cm³/mol. The lowest BCUT2D eigenvalue weighted by molar-refractivity contribution is 0.148. The van der Waals surface area contributed by atoms with E-state index in [2.05, 4.69) is 12.6 Å². The third kappa shape index (κ3) is 4.34. The summed E-state index contributed by atoms with van der Waals surface area (Å²) < 4.78 is 11.5. The minimum Gasteiger partial charge on any atom is -0.494 e. The van der Waals surface area contributed by atoms with Gasteiger partial charge in [-0.1, -0.05) is 25.7 Å². The van der Waals surface area contributed by atoms with Gasteiger partial charge in [0.1, 0.15) is 11.5 Å². The number of hydrogen-bond donors (Lipinski definition) is 1. The van der Waals surface area contributed by atoms with Crippen molar-refractivity contribution in [1.82, 2.24) is 0 Å². The van der Waals surface area contributed by atoms with Gasteiger partial charge in [0.15, 0.2) is 0 Å². The Balaban J connectivity index is 1.91. The molecule has 112 valence electrons. The molecule has 20 heavy (non-hydrogen) atoms. The molecule has 0 spiro atoms. The lowest BCUT2D eigenvalue weighted by Gasteiger charge is -2.30. The molecule has 1 aromatic carbocycles. The van der Waals surface area contributed by atoms with Crippen LogP contribution in [0.3, 0.4) is 0 Å². The second-order valence-corrected chi connectivity index (χ2v) is 6.08. The maximum Gasteiger partial charge on any atom is 0.119 e. The van der Waals surface area contributed by atoms with Gasteiger partial charge in [0.05, 0.1) is 13.2 Å². The van der Waals surface area contributed by atoms with Gasteiger partial charge in [0, 0.05) is 5.41 Å². The Morgan fingerprint density at radius 1 is 0.950 bits per heavy atom. The van der Waals surface area contributed by atoms with Gasteiger partial charge in [0.25, 0.3) is 0 Å². The predicted octanol–water partition coefficient (Wildman–Crippen LogP) is 4.73. The molecule has 1 aliphatic carbocycles. The highest BCUT2D eigenvalue weighted by Gasteiger charge is 2.30. The van der Waals surface area contributed by atoms with Crippen molar-refractivity contribution < 1.29 is 9.47 Å². The zero-order valence-corrected chi connectivity index (χ0v) is 13.3. The summed E-state index contributed by atoms with van der Waals surface area (Å²) in [6.45, 7) is 3.47. The molecule has 1 aromatic rings. The number of thiol groups is 1. The molecule has 1 fully saturated rings. The Kier molecular flexibility index (Phi) is 6.08. The van der Waals surface area contributed by atoms with Crippen LogP contribution in [0.2, 0.25) is 0 Å². The van der Waals surface area contributed by atoms with E-state index in [1.165, 1.54) is 38.5 Å². The van der Waals surface area contributed by atoms with Gasteiger partial charge in [-0.3, -0.25) is 0 Å². The molecule has 2 nitrogen and oxygen atoms in total. The molecule has 0 amide bonds. The number of hydrogen-bond acceptors (Lipinski definition) is 3. The van der Waals surface area contributed by atoms with E-state index >= 15 is 0 Å². The van der Waals surface area contributed by atoms with E-state index in [0.29, 0.717) is 6.61 Å². The first-order chi connectivity index (χ1) is 9.78. The first kappa shape index (κ1) is 15.6. The second kappa shape index (κ2) is 7.82. The fourth-order valence-corrected chi connectivity index (χ4v) is 3.27. The molecule has 0 N–H and O–H groups in total. The zero-order chi connectivity index (χ0) is 14.3. The first-order valence-corrected chi connectivity index (χ1v) is 8.38. The zero-order valence-electron chi connectivity index (χ0n) is 12.4. The average Bonchev–Trinajstić information content (AvgIpc) is 2.73. The average molecular weight is 294 g/mol. The van der Waals surface area contributed by atoms with Crippen LogP contribution in [-0.4, -0.2) is 19.0 Å². The van der Waals surface area contributed by atoms with Crippen molar-refractivity contribution in [2.45, 2.75) is 45.4 Å². The Morgan fingerprint density at radius 3 is 2.00 bits per heavy atom. The maximum absolute atomic E-state index is 6.02. The highest BCUT2D eigenvalue weighted by Crippen LogP contribution is 2.36. The van der Waals surface area contributed by atoms with E-state index < -0.39 is 0 Å². The second-order valence-electron chi connectivity index (χ2n) is 5.77. The van der Waals surface area contributed by atoms with Gasteiger partial charge in [-0.05, 0) is 49.8 Å². The van der Waals surface area contributed by atoms with Crippen molar-refractivity contribution in [3.05, 3.63) is 24.3 Å². The van der Waals surface area contributed by atoms with Gasteiger partial charge in [-0.25, -0.2) is 0 Å². The summed E-state index contributed by atoms with van der Waals surface area (Å²) in [5, 5.41) is 0. The fourth-order valence-electron chi connectivity index (χ4n) is 2.86. The van der Waals surface area contributed by atoms with E-state index in [4.69, 9.17) is 9.47 Å². The van der Waals surface area contributed by atoms with Gasteiger partial charge >= 0.3 is 0 Å². The van der Waals surface area contributed by atoms with E-state index in [1.54, 1.807) is 0 Å². The van der Waals surface area contributed by atoms with Crippen molar-refractivity contribution in [2.24, 2.45) is 5.41 Å². The van der Waals surface area contributed by atoms with E-state index in [9.17, 15) is 0 Å². The van der Waals surface area contributed by atoms with Crippen molar-refractivity contribution in [3.63, 3.8) is 0 Å². The highest BCUT2D eigenvalue weighted by atomic mass is 32.1. The molecule has 1 aliphatic rings. The minimum atomic E-state index is 0.262. The third-order valence-electron chi connectivity index (χ3n) is 4.18. The monoisotopic (exact) mass is 294 g/mol. The van der Waals surface area contributed by atoms with Crippen LogP contribution in [0.4, 0.5) is 0 Å². The van der Waals surface area contributed by atoms with Crippen molar-refractivity contribution in [3.8, 4) is 11.5 Å². The summed E-state index contributed by atoms with van der Waals surface area (Å²) in [4.78, 5) is 0. The molecule has 0 atom stereocenters. The van der Waals surface area contributed by atoms with Gasteiger partial charge in [-0.15, -0.1) is 0 Å². The summed E-state index contributed by atoms with van der Waals surface area (Å²) in [5.74, 6) is 2.75. The lowest BCUT2D eigenvalue weighted by Crippen LogP contribution is -2.30. The van der Waals surface area contributed by atoms with Crippen LogP contribution in [0.5, 0.6) is 11.5 Å². The topological polar surface area (TPSA) is 18.5 Å². The molecular formula is C17H26O2S. The van der Waals surface area contributed by atoms with Crippen molar-refractivity contribution in [2.75, 3.05) is 19.0 Å². The van der Waals surface area contributed by atoms with Crippen molar-refractivity contribution >= 4 is 12.6 Å². The molecule has 0 saturated heterocycles. The van der Waals surface area contributed by atoms with Crippen LogP contribution in [0.1, 0.15) is 45.4 Å². The first-order valence-electron chi connectivity index (χ1n) is 7.74. The molecule has 3 heteroatoms. The molecule has 0 bridgehead atoms. The SMILES string of the molecule is CCOc1ccc(OCC2(CS)CCCCCC2)cc1. The van der Waals surface area contributed by atoms with Gasteiger partial charge < -0.3 is 9.47 Å². The molecule has 0 radical (unpaired) electrons. The summed E-state index contributed by atoms with van der Waals surface area (Å²) in [5.41, 5.74) is 0.262. The number of benzene rings is 1. The fraction of sp³-hybridized carbons (Fsp3) is 0.647. The smallest absolute Gasteiger partial charge is 0.119 e.